The van der Waals surface area contributed by atoms with Crippen LogP contribution in [0, 0.1) is 18.8 Å². The van der Waals surface area contributed by atoms with Gasteiger partial charge in [0.05, 0.1) is 11.4 Å². The molecule has 154 valence electrons. The predicted molar refractivity (Wildman–Crippen MR) is 121 cm³/mol. The number of benzene rings is 1. The van der Waals surface area contributed by atoms with Crippen molar-refractivity contribution in [3.63, 3.8) is 0 Å². The van der Waals surface area contributed by atoms with Gasteiger partial charge in [-0.1, -0.05) is 31.9 Å². The van der Waals surface area contributed by atoms with Gasteiger partial charge in [0, 0.05) is 36.0 Å². The fourth-order valence-electron chi connectivity index (χ4n) is 4.37. The summed E-state index contributed by atoms with van der Waals surface area (Å²) in [6.45, 7) is 4.35. The minimum absolute atomic E-state index is 0.130. The smallest absolute Gasteiger partial charge is 0.227 e. The van der Waals surface area contributed by atoms with Crippen molar-refractivity contribution in [3.05, 3.63) is 77.7 Å². The van der Waals surface area contributed by atoms with Crippen molar-refractivity contribution in [2.75, 3.05) is 5.32 Å². The lowest BCUT2D eigenvalue weighted by Crippen LogP contribution is -2.27. The van der Waals surface area contributed by atoms with Crippen LogP contribution in [0.25, 0.3) is 11.3 Å². The van der Waals surface area contributed by atoms with Crippen molar-refractivity contribution in [3.8, 4) is 11.3 Å². The fraction of sp³-hybridized carbons (Fsp3) is 0.346. The minimum atomic E-state index is 0.130. The van der Waals surface area contributed by atoms with Crippen molar-refractivity contribution in [1.82, 2.24) is 9.97 Å². The molecule has 4 heteroatoms. The van der Waals surface area contributed by atoms with Crippen LogP contribution in [0.2, 0.25) is 0 Å². The van der Waals surface area contributed by atoms with Crippen LogP contribution in [-0.2, 0) is 11.2 Å². The zero-order chi connectivity index (χ0) is 20.9. The summed E-state index contributed by atoms with van der Waals surface area (Å²) in [5.41, 5.74) is 6.19. The van der Waals surface area contributed by atoms with Crippen LogP contribution in [0.5, 0.6) is 0 Å². The van der Waals surface area contributed by atoms with Crippen molar-refractivity contribution in [1.29, 1.82) is 0 Å². The zero-order valence-electron chi connectivity index (χ0n) is 17.8. The van der Waals surface area contributed by atoms with Gasteiger partial charge in [-0.25, -0.2) is 0 Å². The van der Waals surface area contributed by atoms with Gasteiger partial charge in [0.1, 0.15) is 0 Å². The Balaban J connectivity index is 1.54. The van der Waals surface area contributed by atoms with Crippen LogP contribution in [0.1, 0.15) is 49.4 Å². The van der Waals surface area contributed by atoms with E-state index in [1.165, 1.54) is 17.5 Å². The first-order chi connectivity index (χ1) is 14.6. The van der Waals surface area contributed by atoms with E-state index >= 15 is 0 Å². The molecular formula is C26H29N3O. The SMILES string of the molecule is Cc1ccc(NC(=O)C2CCCC(C)C2)cc1Cc1ncccc1-c1ccccn1. The van der Waals surface area contributed by atoms with E-state index in [1.807, 2.05) is 36.5 Å². The molecule has 1 aliphatic carbocycles. The second-order valence-corrected chi connectivity index (χ2v) is 8.49. The highest BCUT2D eigenvalue weighted by Gasteiger charge is 2.25. The molecule has 0 radical (unpaired) electrons. The largest absolute Gasteiger partial charge is 0.326 e. The molecule has 4 nitrogen and oxygen atoms in total. The van der Waals surface area contributed by atoms with E-state index in [2.05, 4.69) is 47.3 Å². The molecule has 1 aromatic carbocycles. The lowest BCUT2D eigenvalue weighted by Gasteiger charge is -2.25. The van der Waals surface area contributed by atoms with Crippen LogP contribution in [0.3, 0.4) is 0 Å². The highest BCUT2D eigenvalue weighted by molar-refractivity contribution is 5.92. The molecule has 0 saturated heterocycles. The third-order valence-corrected chi connectivity index (χ3v) is 6.11. The number of nitrogens with zero attached hydrogens (tertiary/aromatic N) is 2. The van der Waals surface area contributed by atoms with Crippen molar-refractivity contribution in [2.24, 2.45) is 11.8 Å². The first-order valence-corrected chi connectivity index (χ1v) is 10.9. The molecule has 1 saturated carbocycles. The Morgan fingerprint density at radius 1 is 1.07 bits per heavy atom. The van der Waals surface area contributed by atoms with Gasteiger partial charge in [-0.05, 0) is 73.2 Å². The van der Waals surface area contributed by atoms with E-state index in [0.717, 1.165) is 41.9 Å². The molecule has 30 heavy (non-hydrogen) atoms. The number of rotatable bonds is 5. The average Bonchev–Trinajstić information content (AvgIpc) is 2.77. The Kier molecular flexibility index (Phi) is 6.22. The number of aromatic nitrogens is 2. The normalized spacial score (nSPS) is 18.7. The third kappa shape index (κ3) is 4.76. The van der Waals surface area contributed by atoms with E-state index in [4.69, 9.17) is 0 Å². The molecule has 4 rings (SSSR count). The van der Waals surface area contributed by atoms with Crippen LogP contribution in [0.15, 0.2) is 60.9 Å². The summed E-state index contributed by atoms with van der Waals surface area (Å²) in [5, 5.41) is 3.16. The van der Waals surface area contributed by atoms with Gasteiger partial charge in [-0.3, -0.25) is 14.8 Å². The van der Waals surface area contributed by atoms with E-state index in [0.29, 0.717) is 12.3 Å². The van der Waals surface area contributed by atoms with Gasteiger partial charge in [-0.2, -0.15) is 0 Å². The number of amides is 1. The highest BCUT2D eigenvalue weighted by Crippen LogP contribution is 2.30. The summed E-state index contributed by atoms with van der Waals surface area (Å²) < 4.78 is 0. The van der Waals surface area contributed by atoms with Gasteiger partial charge in [0.2, 0.25) is 5.91 Å². The fourth-order valence-corrected chi connectivity index (χ4v) is 4.37. The summed E-state index contributed by atoms with van der Waals surface area (Å²) in [7, 11) is 0. The van der Waals surface area contributed by atoms with Crippen molar-refractivity contribution < 1.29 is 4.79 Å². The zero-order valence-corrected chi connectivity index (χ0v) is 17.8. The maximum atomic E-state index is 12.8. The lowest BCUT2D eigenvalue weighted by molar-refractivity contribution is -0.121. The lowest BCUT2D eigenvalue weighted by atomic mass is 9.82. The van der Waals surface area contributed by atoms with Gasteiger partial charge in [0.15, 0.2) is 0 Å². The van der Waals surface area contributed by atoms with Crippen LogP contribution in [-0.4, -0.2) is 15.9 Å². The molecule has 0 spiro atoms. The first kappa shape index (κ1) is 20.3. The number of anilines is 1. The number of carbonyl (C=O) groups excluding carboxylic acids is 1. The second-order valence-electron chi connectivity index (χ2n) is 8.49. The predicted octanol–water partition coefficient (Wildman–Crippen LogP) is 5.81. The molecule has 1 aliphatic rings. The number of nitrogens with one attached hydrogen (secondary N) is 1. The van der Waals surface area contributed by atoms with Crippen molar-refractivity contribution >= 4 is 11.6 Å². The number of aryl methyl sites for hydroxylation is 1. The van der Waals surface area contributed by atoms with Crippen molar-refractivity contribution in [2.45, 2.75) is 46.0 Å². The molecule has 2 atom stereocenters. The van der Waals surface area contributed by atoms with E-state index < -0.39 is 0 Å². The highest BCUT2D eigenvalue weighted by atomic mass is 16.1. The Hall–Kier alpha value is -3.01. The summed E-state index contributed by atoms with van der Waals surface area (Å²) in [6.07, 6.45) is 8.70. The number of hydrogen-bond acceptors (Lipinski definition) is 3. The quantitative estimate of drug-likeness (QED) is 0.589. The number of pyridine rings is 2. The standard InChI is InChI=1S/C26H29N3O/c1-18-7-5-8-20(15-18)26(30)29-22-12-11-19(2)21(16-22)17-25-23(9-6-14-28-25)24-10-3-4-13-27-24/h3-4,6,9-14,16,18,20H,5,7-8,15,17H2,1-2H3,(H,29,30). The maximum Gasteiger partial charge on any atom is 0.227 e. The molecular weight excluding hydrogens is 370 g/mol. The third-order valence-electron chi connectivity index (χ3n) is 6.11. The molecule has 1 N–H and O–H groups in total. The summed E-state index contributed by atoms with van der Waals surface area (Å²) in [6, 6.07) is 16.1. The summed E-state index contributed by atoms with van der Waals surface area (Å²) in [5.74, 6) is 0.922. The maximum absolute atomic E-state index is 12.8. The van der Waals surface area contributed by atoms with E-state index in [9.17, 15) is 4.79 Å². The first-order valence-electron chi connectivity index (χ1n) is 10.9. The molecule has 1 amide bonds. The van der Waals surface area contributed by atoms with E-state index in [-0.39, 0.29) is 11.8 Å². The van der Waals surface area contributed by atoms with Crippen LogP contribution < -0.4 is 5.32 Å². The molecule has 0 bridgehead atoms. The summed E-state index contributed by atoms with van der Waals surface area (Å²) in [4.78, 5) is 21.9. The monoisotopic (exact) mass is 399 g/mol. The number of hydrogen-bond donors (Lipinski definition) is 1. The Labute approximate surface area is 178 Å². The summed E-state index contributed by atoms with van der Waals surface area (Å²) >= 11 is 0. The Morgan fingerprint density at radius 3 is 2.73 bits per heavy atom. The van der Waals surface area contributed by atoms with Crippen LogP contribution in [0.4, 0.5) is 5.69 Å². The molecule has 0 aliphatic heterocycles. The van der Waals surface area contributed by atoms with Gasteiger partial charge >= 0.3 is 0 Å². The Morgan fingerprint density at radius 2 is 1.93 bits per heavy atom. The molecule has 3 aromatic rings. The molecule has 2 unspecified atom stereocenters. The minimum Gasteiger partial charge on any atom is -0.326 e. The number of carbonyl (C=O) groups is 1. The average molecular weight is 400 g/mol. The molecule has 2 aromatic heterocycles. The topological polar surface area (TPSA) is 54.9 Å². The molecule has 2 heterocycles. The van der Waals surface area contributed by atoms with Crippen LogP contribution >= 0.6 is 0 Å². The Bertz CT molecular complexity index is 1020. The molecule has 1 fully saturated rings. The van der Waals surface area contributed by atoms with Gasteiger partial charge in [0.25, 0.3) is 0 Å². The van der Waals surface area contributed by atoms with Gasteiger partial charge < -0.3 is 5.32 Å². The second kappa shape index (κ2) is 9.21. The van der Waals surface area contributed by atoms with Gasteiger partial charge in [-0.15, -0.1) is 0 Å². The van der Waals surface area contributed by atoms with E-state index in [1.54, 1.807) is 6.20 Å².